The number of methoxy groups -OCH3 is 2. The number of hydrogen-bond donors (Lipinski definition) is 1. The van der Waals surface area contributed by atoms with Gasteiger partial charge in [0.05, 0.1) is 20.1 Å². The minimum atomic E-state index is -0.959. The fourth-order valence-corrected chi connectivity index (χ4v) is 2.28. The highest BCUT2D eigenvalue weighted by atomic mass is 16.5. The van der Waals surface area contributed by atoms with Crippen molar-refractivity contribution in [2.45, 2.75) is 12.8 Å². The van der Waals surface area contributed by atoms with E-state index in [0.29, 0.717) is 22.6 Å². The molecule has 0 aromatic heterocycles. The summed E-state index contributed by atoms with van der Waals surface area (Å²) in [6, 6.07) is 3.33. The van der Waals surface area contributed by atoms with E-state index in [4.69, 9.17) is 14.6 Å². The van der Waals surface area contributed by atoms with Crippen LogP contribution in [0.15, 0.2) is 12.1 Å². The van der Waals surface area contributed by atoms with Gasteiger partial charge < -0.3 is 14.6 Å². The monoisotopic (exact) mass is 250 g/mol. The number of rotatable bonds is 3. The summed E-state index contributed by atoms with van der Waals surface area (Å²) < 4.78 is 10.4. The van der Waals surface area contributed by atoms with Gasteiger partial charge in [-0.25, -0.2) is 0 Å². The van der Waals surface area contributed by atoms with Crippen molar-refractivity contribution in [1.82, 2.24) is 0 Å². The first kappa shape index (κ1) is 12.4. The van der Waals surface area contributed by atoms with E-state index in [1.54, 1.807) is 12.1 Å². The molecule has 0 saturated heterocycles. The average Bonchev–Trinajstić information content (AvgIpc) is 2.36. The lowest BCUT2D eigenvalue weighted by molar-refractivity contribution is -0.141. The topological polar surface area (TPSA) is 72.8 Å². The zero-order chi connectivity index (χ0) is 13.3. The number of fused-ring (bicyclic) bond motifs is 1. The Labute approximate surface area is 104 Å². The molecule has 1 atom stereocenters. The predicted molar refractivity (Wildman–Crippen MR) is 63.3 cm³/mol. The van der Waals surface area contributed by atoms with Crippen LogP contribution < -0.4 is 9.47 Å². The van der Waals surface area contributed by atoms with E-state index in [-0.39, 0.29) is 18.6 Å². The molecule has 18 heavy (non-hydrogen) atoms. The number of carboxylic acid groups (broad SMARTS) is 1. The molecule has 5 nitrogen and oxygen atoms in total. The largest absolute Gasteiger partial charge is 0.493 e. The number of Topliss-reactive ketones (excluding diaryl/α,β-unsaturated/α-hetero) is 1. The van der Waals surface area contributed by atoms with Gasteiger partial charge in [-0.05, 0) is 18.6 Å². The van der Waals surface area contributed by atoms with Gasteiger partial charge in [0.2, 0.25) is 0 Å². The number of benzene rings is 1. The molecule has 0 heterocycles. The van der Waals surface area contributed by atoms with Crippen molar-refractivity contribution in [3.8, 4) is 11.5 Å². The molecule has 0 aliphatic heterocycles. The van der Waals surface area contributed by atoms with Crippen LogP contribution in [0.3, 0.4) is 0 Å². The standard InChI is InChI=1S/C13H14O5/c1-17-11-4-3-8-9(12(11)18-2)5-7(13(15)16)6-10(8)14/h3-4,7H,5-6H2,1-2H3,(H,15,16). The second kappa shape index (κ2) is 4.68. The van der Waals surface area contributed by atoms with Crippen LogP contribution in [0.25, 0.3) is 0 Å². The fourth-order valence-electron chi connectivity index (χ4n) is 2.28. The van der Waals surface area contributed by atoms with Crippen molar-refractivity contribution in [3.63, 3.8) is 0 Å². The number of carbonyl (C=O) groups excluding carboxylic acids is 1. The number of ketones is 1. The first-order valence-electron chi connectivity index (χ1n) is 5.58. The fraction of sp³-hybridized carbons (Fsp3) is 0.385. The maximum Gasteiger partial charge on any atom is 0.307 e. The third-order valence-electron chi connectivity index (χ3n) is 3.18. The Kier molecular flexibility index (Phi) is 3.23. The summed E-state index contributed by atoms with van der Waals surface area (Å²) >= 11 is 0. The van der Waals surface area contributed by atoms with Gasteiger partial charge in [-0.3, -0.25) is 9.59 Å². The van der Waals surface area contributed by atoms with Crippen molar-refractivity contribution in [3.05, 3.63) is 23.3 Å². The maximum absolute atomic E-state index is 11.9. The third kappa shape index (κ3) is 1.92. The normalized spacial score (nSPS) is 18.1. The molecule has 1 aliphatic rings. The quantitative estimate of drug-likeness (QED) is 0.880. The Balaban J connectivity index is 2.54. The van der Waals surface area contributed by atoms with Crippen LogP contribution in [0.5, 0.6) is 11.5 Å². The number of hydrogen-bond acceptors (Lipinski definition) is 4. The van der Waals surface area contributed by atoms with Gasteiger partial charge in [0, 0.05) is 17.5 Å². The summed E-state index contributed by atoms with van der Waals surface area (Å²) in [6.45, 7) is 0. The lowest BCUT2D eigenvalue weighted by Crippen LogP contribution is -2.26. The maximum atomic E-state index is 11.9. The zero-order valence-electron chi connectivity index (χ0n) is 10.2. The molecule has 1 unspecified atom stereocenters. The molecule has 96 valence electrons. The Morgan fingerprint density at radius 1 is 1.28 bits per heavy atom. The number of ether oxygens (including phenoxy) is 2. The van der Waals surface area contributed by atoms with E-state index in [9.17, 15) is 9.59 Å². The van der Waals surface area contributed by atoms with Crippen molar-refractivity contribution < 1.29 is 24.2 Å². The Bertz CT molecular complexity index is 506. The van der Waals surface area contributed by atoms with Crippen LogP contribution in [-0.2, 0) is 11.2 Å². The molecule has 0 bridgehead atoms. The van der Waals surface area contributed by atoms with Gasteiger partial charge >= 0.3 is 5.97 Å². The summed E-state index contributed by atoms with van der Waals surface area (Å²) in [5.41, 5.74) is 1.16. The van der Waals surface area contributed by atoms with Crippen LogP contribution in [0.1, 0.15) is 22.3 Å². The smallest absolute Gasteiger partial charge is 0.307 e. The Morgan fingerprint density at radius 2 is 2.00 bits per heavy atom. The molecule has 0 amide bonds. The summed E-state index contributed by atoms with van der Waals surface area (Å²) in [7, 11) is 2.98. The van der Waals surface area contributed by atoms with Gasteiger partial charge in [0.25, 0.3) is 0 Å². The van der Waals surface area contributed by atoms with E-state index in [2.05, 4.69) is 0 Å². The zero-order valence-corrected chi connectivity index (χ0v) is 10.2. The van der Waals surface area contributed by atoms with Gasteiger partial charge in [0.15, 0.2) is 17.3 Å². The number of carboxylic acids is 1. The molecule has 0 fully saturated rings. The SMILES string of the molecule is COc1ccc2c(c1OC)CC(C(=O)O)CC2=O. The van der Waals surface area contributed by atoms with Crippen molar-refractivity contribution in [2.75, 3.05) is 14.2 Å². The Morgan fingerprint density at radius 3 is 2.56 bits per heavy atom. The Hall–Kier alpha value is -2.04. The molecule has 2 rings (SSSR count). The lowest BCUT2D eigenvalue weighted by atomic mass is 9.82. The van der Waals surface area contributed by atoms with Gasteiger partial charge in [0.1, 0.15) is 0 Å². The second-order valence-electron chi connectivity index (χ2n) is 4.19. The molecule has 0 spiro atoms. The average molecular weight is 250 g/mol. The number of carbonyl (C=O) groups is 2. The molecule has 0 radical (unpaired) electrons. The van der Waals surface area contributed by atoms with E-state index in [1.165, 1.54) is 14.2 Å². The molecule has 1 aromatic rings. The first-order valence-corrected chi connectivity index (χ1v) is 5.58. The van der Waals surface area contributed by atoms with Crippen LogP contribution in [0.4, 0.5) is 0 Å². The molecule has 1 aliphatic carbocycles. The lowest BCUT2D eigenvalue weighted by Gasteiger charge is -2.23. The van der Waals surface area contributed by atoms with Crippen LogP contribution in [0, 0.1) is 5.92 Å². The summed E-state index contributed by atoms with van der Waals surface area (Å²) in [5, 5.41) is 9.05. The second-order valence-corrected chi connectivity index (χ2v) is 4.19. The molecular formula is C13H14O5. The highest BCUT2D eigenvalue weighted by Crippen LogP contribution is 2.38. The van der Waals surface area contributed by atoms with Crippen LogP contribution in [0.2, 0.25) is 0 Å². The molecule has 0 saturated carbocycles. The molecule has 5 heteroatoms. The highest BCUT2D eigenvalue weighted by molar-refractivity contribution is 6.01. The van der Waals surface area contributed by atoms with E-state index in [0.717, 1.165) is 0 Å². The van der Waals surface area contributed by atoms with Crippen LogP contribution >= 0.6 is 0 Å². The van der Waals surface area contributed by atoms with E-state index in [1.807, 2.05) is 0 Å². The minimum absolute atomic E-state index is 0.0395. The van der Waals surface area contributed by atoms with Gasteiger partial charge in [-0.15, -0.1) is 0 Å². The van der Waals surface area contributed by atoms with Gasteiger partial charge in [-0.2, -0.15) is 0 Å². The molecule has 1 aromatic carbocycles. The van der Waals surface area contributed by atoms with Crippen molar-refractivity contribution in [2.24, 2.45) is 5.92 Å². The van der Waals surface area contributed by atoms with E-state index < -0.39 is 11.9 Å². The summed E-state index contributed by atoms with van der Waals surface area (Å²) in [4.78, 5) is 22.9. The molecular weight excluding hydrogens is 236 g/mol. The number of aliphatic carboxylic acids is 1. The van der Waals surface area contributed by atoms with E-state index >= 15 is 0 Å². The van der Waals surface area contributed by atoms with Crippen LogP contribution in [-0.4, -0.2) is 31.1 Å². The predicted octanol–water partition coefficient (Wildman–Crippen LogP) is 1.53. The minimum Gasteiger partial charge on any atom is -0.493 e. The molecule has 1 N–H and O–H groups in total. The van der Waals surface area contributed by atoms with Gasteiger partial charge in [-0.1, -0.05) is 0 Å². The van der Waals surface area contributed by atoms with Crippen molar-refractivity contribution >= 4 is 11.8 Å². The van der Waals surface area contributed by atoms with Crippen molar-refractivity contribution in [1.29, 1.82) is 0 Å². The summed E-state index contributed by atoms with van der Waals surface area (Å²) in [6.07, 6.45) is 0.328. The summed E-state index contributed by atoms with van der Waals surface area (Å²) in [5.74, 6) is -0.848. The third-order valence-corrected chi connectivity index (χ3v) is 3.18. The highest BCUT2D eigenvalue weighted by Gasteiger charge is 2.32. The first-order chi connectivity index (χ1) is 8.58.